The van der Waals surface area contributed by atoms with Crippen molar-refractivity contribution in [3.63, 3.8) is 0 Å². The fourth-order valence-corrected chi connectivity index (χ4v) is 3.65. The van der Waals surface area contributed by atoms with Crippen LogP contribution >= 0.6 is 45.5 Å². The first-order valence-corrected chi connectivity index (χ1v) is 7.93. The third-order valence-corrected chi connectivity index (χ3v) is 5.06. The lowest BCUT2D eigenvalue weighted by Crippen LogP contribution is -2.20. The van der Waals surface area contributed by atoms with E-state index in [-0.39, 0.29) is 12.5 Å². The molecule has 19 heavy (non-hydrogen) atoms. The van der Waals surface area contributed by atoms with Gasteiger partial charge in [-0.3, -0.25) is 0 Å². The lowest BCUT2D eigenvalue weighted by molar-refractivity contribution is 0.148. The number of rotatable bonds is 4. The number of thiophene rings is 1. The van der Waals surface area contributed by atoms with Crippen LogP contribution in [0.3, 0.4) is 0 Å². The largest absolute Gasteiger partial charge is 0.388 e. The second-order valence-corrected chi connectivity index (χ2v) is 7.35. The molecule has 0 radical (unpaired) electrons. The van der Waals surface area contributed by atoms with Crippen LogP contribution in [-0.4, -0.2) is 11.7 Å². The standard InChI is InChI=1S/C13H12ClFINOS/c14-11-4-8(15)1-2-9(11)10(5-17)13(18)7-3-12(16)19-6-7/h1-4,6,10,13,18H,5,17H2. The molecule has 0 aliphatic rings. The summed E-state index contributed by atoms with van der Waals surface area (Å²) in [6, 6.07) is 6.06. The van der Waals surface area contributed by atoms with Gasteiger partial charge < -0.3 is 10.8 Å². The van der Waals surface area contributed by atoms with E-state index >= 15 is 0 Å². The maximum absolute atomic E-state index is 13.1. The van der Waals surface area contributed by atoms with Gasteiger partial charge in [-0.25, -0.2) is 4.39 Å². The maximum atomic E-state index is 13.1. The number of benzene rings is 1. The summed E-state index contributed by atoms with van der Waals surface area (Å²) in [4.78, 5) is 0. The number of hydrogen-bond donors (Lipinski definition) is 2. The van der Waals surface area contributed by atoms with Gasteiger partial charge >= 0.3 is 0 Å². The lowest BCUT2D eigenvalue weighted by atomic mass is 9.90. The van der Waals surface area contributed by atoms with Gasteiger partial charge in [0.25, 0.3) is 0 Å². The Labute approximate surface area is 133 Å². The summed E-state index contributed by atoms with van der Waals surface area (Å²) < 4.78 is 14.2. The summed E-state index contributed by atoms with van der Waals surface area (Å²) in [6.45, 7) is 0.235. The molecule has 0 amide bonds. The van der Waals surface area contributed by atoms with Crippen LogP contribution in [0.15, 0.2) is 29.6 Å². The van der Waals surface area contributed by atoms with Crippen LogP contribution in [0.4, 0.5) is 4.39 Å². The molecule has 1 aromatic carbocycles. The fourth-order valence-electron chi connectivity index (χ4n) is 1.94. The number of aliphatic hydroxyl groups is 1. The lowest BCUT2D eigenvalue weighted by Gasteiger charge is -2.22. The summed E-state index contributed by atoms with van der Waals surface area (Å²) in [5.41, 5.74) is 7.22. The minimum Gasteiger partial charge on any atom is -0.388 e. The van der Waals surface area contributed by atoms with Gasteiger partial charge in [-0.15, -0.1) is 11.3 Å². The average molecular weight is 412 g/mol. The van der Waals surface area contributed by atoms with Crippen LogP contribution in [0.2, 0.25) is 5.02 Å². The van der Waals surface area contributed by atoms with E-state index in [0.717, 1.165) is 8.45 Å². The topological polar surface area (TPSA) is 46.2 Å². The highest BCUT2D eigenvalue weighted by atomic mass is 127. The van der Waals surface area contributed by atoms with Crippen LogP contribution < -0.4 is 5.73 Å². The molecule has 0 saturated heterocycles. The van der Waals surface area contributed by atoms with E-state index in [4.69, 9.17) is 17.3 Å². The summed E-state index contributed by atoms with van der Waals surface area (Å²) >= 11 is 9.79. The first-order valence-electron chi connectivity index (χ1n) is 5.60. The third kappa shape index (κ3) is 3.46. The van der Waals surface area contributed by atoms with Gasteiger partial charge in [0, 0.05) is 17.5 Å². The highest BCUT2D eigenvalue weighted by molar-refractivity contribution is 14.1. The van der Waals surface area contributed by atoms with Crippen molar-refractivity contribution < 1.29 is 9.50 Å². The fraction of sp³-hybridized carbons (Fsp3) is 0.231. The molecule has 6 heteroatoms. The van der Waals surface area contributed by atoms with Crippen molar-refractivity contribution in [1.29, 1.82) is 0 Å². The van der Waals surface area contributed by atoms with Gasteiger partial charge in [0.1, 0.15) is 5.82 Å². The second-order valence-electron chi connectivity index (χ2n) is 4.14. The number of hydrogen-bond acceptors (Lipinski definition) is 3. The van der Waals surface area contributed by atoms with E-state index in [1.807, 2.05) is 11.4 Å². The Morgan fingerprint density at radius 3 is 2.68 bits per heavy atom. The maximum Gasteiger partial charge on any atom is 0.124 e. The monoisotopic (exact) mass is 411 g/mol. The summed E-state index contributed by atoms with van der Waals surface area (Å²) in [5.74, 6) is -0.748. The highest BCUT2D eigenvalue weighted by Gasteiger charge is 2.24. The average Bonchev–Trinajstić information content (AvgIpc) is 2.79. The Kier molecular flexibility index (Phi) is 5.19. The van der Waals surface area contributed by atoms with Crippen molar-refractivity contribution in [2.45, 2.75) is 12.0 Å². The van der Waals surface area contributed by atoms with Crippen LogP contribution in [-0.2, 0) is 0 Å². The molecule has 2 aromatic rings. The quantitative estimate of drug-likeness (QED) is 0.749. The predicted molar refractivity (Wildman–Crippen MR) is 85.2 cm³/mol. The van der Waals surface area contributed by atoms with Crippen molar-refractivity contribution >= 4 is 45.5 Å². The molecule has 0 saturated carbocycles. The first kappa shape index (κ1) is 15.2. The van der Waals surface area contributed by atoms with Gasteiger partial charge in [0.05, 0.1) is 8.99 Å². The molecule has 1 aromatic heterocycles. The second kappa shape index (κ2) is 6.49. The number of aliphatic hydroxyl groups excluding tert-OH is 1. The normalized spacial score (nSPS) is 14.4. The van der Waals surface area contributed by atoms with Crippen molar-refractivity contribution in [2.24, 2.45) is 5.73 Å². The zero-order chi connectivity index (χ0) is 14.0. The minimum atomic E-state index is -0.743. The zero-order valence-electron chi connectivity index (χ0n) is 9.82. The Bertz CT molecular complexity index is 578. The summed E-state index contributed by atoms with van der Waals surface area (Å²) in [5, 5.41) is 12.6. The molecule has 2 unspecified atom stereocenters. The van der Waals surface area contributed by atoms with Crippen LogP contribution in [0.25, 0.3) is 0 Å². The van der Waals surface area contributed by atoms with Crippen molar-refractivity contribution in [2.75, 3.05) is 6.54 Å². The molecule has 3 N–H and O–H groups in total. The molecule has 2 rings (SSSR count). The van der Waals surface area contributed by atoms with Gasteiger partial charge in [-0.1, -0.05) is 17.7 Å². The first-order chi connectivity index (χ1) is 9.02. The molecule has 1 heterocycles. The molecule has 102 valence electrons. The Morgan fingerprint density at radius 2 is 2.16 bits per heavy atom. The van der Waals surface area contributed by atoms with Crippen molar-refractivity contribution in [1.82, 2.24) is 0 Å². The highest BCUT2D eigenvalue weighted by Crippen LogP contribution is 2.36. The number of nitrogens with two attached hydrogens (primary N) is 1. The van der Waals surface area contributed by atoms with E-state index in [1.54, 1.807) is 17.4 Å². The van der Waals surface area contributed by atoms with Gasteiger partial charge in [0.15, 0.2) is 0 Å². The van der Waals surface area contributed by atoms with Gasteiger partial charge in [-0.2, -0.15) is 0 Å². The Hall–Kier alpha value is -0.210. The van der Waals surface area contributed by atoms with E-state index in [1.165, 1.54) is 12.1 Å². The van der Waals surface area contributed by atoms with E-state index < -0.39 is 11.9 Å². The van der Waals surface area contributed by atoms with Crippen LogP contribution in [0, 0.1) is 8.70 Å². The van der Waals surface area contributed by atoms with E-state index in [2.05, 4.69) is 22.6 Å². The van der Waals surface area contributed by atoms with Crippen molar-refractivity contribution in [3.8, 4) is 0 Å². The zero-order valence-corrected chi connectivity index (χ0v) is 13.5. The Balaban J connectivity index is 2.33. The van der Waals surface area contributed by atoms with Crippen LogP contribution in [0.1, 0.15) is 23.1 Å². The van der Waals surface area contributed by atoms with E-state index in [0.29, 0.717) is 10.6 Å². The molecule has 2 nitrogen and oxygen atoms in total. The Morgan fingerprint density at radius 1 is 1.42 bits per heavy atom. The molecule has 0 aliphatic carbocycles. The molecule has 0 aliphatic heterocycles. The number of halogens is 3. The molecular weight excluding hydrogens is 400 g/mol. The van der Waals surface area contributed by atoms with Crippen molar-refractivity contribution in [3.05, 3.63) is 54.5 Å². The molecule has 2 atom stereocenters. The molecular formula is C13H12ClFINOS. The SMILES string of the molecule is NCC(c1ccc(F)cc1Cl)C(O)c1csc(I)c1. The summed E-state index contributed by atoms with van der Waals surface area (Å²) in [6.07, 6.45) is -0.743. The van der Waals surface area contributed by atoms with Gasteiger partial charge in [-0.05, 0) is 57.3 Å². The van der Waals surface area contributed by atoms with Gasteiger partial charge in [0.2, 0.25) is 0 Å². The molecule has 0 spiro atoms. The summed E-state index contributed by atoms with van der Waals surface area (Å²) in [7, 11) is 0. The molecule has 0 bridgehead atoms. The van der Waals surface area contributed by atoms with E-state index in [9.17, 15) is 9.50 Å². The minimum absolute atomic E-state index is 0.235. The predicted octanol–water partition coefficient (Wildman–Crippen LogP) is 3.92. The molecule has 0 fully saturated rings. The smallest absolute Gasteiger partial charge is 0.124 e. The third-order valence-electron chi connectivity index (χ3n) is 2.93. The van der Waals surface area contributed by atoms with Crippen LogP contribution in [0.5, 0.6) is 0 Å².